The quantitative estimate of drug-likeness (QED) is 0.207. The number of carbonyl (C=O) groups is 1. The Kier molecular flexibility index (Phi) is 11.5. The van der Waals surface area contributed by atoms with Crippen LogP contribution in [0.4, 0.5) is 5.82 Å². The topological polar surface area (TPSA) is 152 Å². The van der Waals surface area contributed by atoms with Crippen molar-refractivity contribution < 1.29 is 19.4 Å². The number of nitrogens with one attached hydrogen (secondary N) is 1. The number of aromatic amines is 1. The minimum atomic E-state index is -0.830. The van der Waals surface area contributed by atoms with Gasteiger partial charge >= 0.3 is 17.7 Å². The molecule has 0 unspecified atom stereocenters. The fourth-order valence-electron chi connectivity index (χ4n) is 5.15. The van der Waals surface area contributed by atoms with Crippen molar-refractivity contribution in [3.05, 3.63) is 45.9 Å². The minimum absolute atomic E-state index is 0.0173. The van der Waals surface area contributed by atoms with Crippen LogP contribution in [-0.4, -0.2) is 92.9 Å². The largest absolute Gasteiger partial charge is 0.481 e. The van der Waals surface area contributed by atoms with E-state index in [1.165, 1.54) is 0 Å². The van der Waals surface area contributed by atoms with Crippen molar-refractivity contribution in [1.29, 1.82) is 0 Å². The molecule has 1 aromatic carbocycles. The first-order chi connectivity index (χ1) is 19.9. The van der Waals surface area contributed by atoms with Gasteiger partial charge in [0.15, 0.2) is 11.5 Å². The first-order valence-electron chi connectivity index (χ1n) is 14.6. The van der Waals surface area contributed by atoms with Gasteiger partial charge in [-0.15, -0.1) is 0 Å². The lowest BCUT2D eigenvalue weighted by Crippen LogP contribution is -2.38. The number of benzene rings is 1. The van der Waals surface area contributed by atoms with Crippen molar-refractivity contribution >= 4 is 23.0 Å². The molecule has 0 aliphatic carbocycles. The predicted molar refractivity (Wildman–Crippen MR) is 157 cm³/mol. The maximum atomic E-state index is 12.7. The van der Waals surface area contributed by atoms with Gasteiger partial charge in [-0.05, 0) is 56.4 Å². The summed E-state index contributed by atoms with van der Waals surface area (Å²) < 4.78 is 12.7. The summed E-state index contributed by atoms with van der Waals surface area (Å²) in [6.45, 7) is 10.1. The SMILES string of the molecule is CCCCOc1nc(N)c2c(n1)[nH]c(=O)n2CCCCN(CCCN1CCOCC1)Cc1cccc(CC(=O)O)c1. The highest BCUT2D eigenvalue weighted by atomic mass is 16.5. The lowest BCUT2D eigenvalue weighted by atomic mass is 10.1. The molecule has 224 valence electrons. The number of fused-ring (bicyclic) bond motifs is 1. The average molecular weight is 570 g/mol. The van der Waals surface area contributed by atoms with Crippen LogP contribution in [0.1, 0.15) is 50.2 Å². The molecule has 1 saturated heterocycles. The number of aliphatic carboxylic acids is 1. The Morgan fingerprint density at radius 3 is 2.68 bits per heavy atom. The highest BCUT2D eigenvalue weighted by Crippen LogP contribution is 2.19. The highest BCUT2D eigenvalue weighted by molar-refractivity contribution is 5.82. The van der Waals surface area contributed by atoms with Crippen LogP contribution in [0.15, 0.2) is 29.1 Å². The van der Waals surface area contributed by atoms with Gasteiger partial charge in [-0.25, -0.2) is 4.79 Å². The fourth-order valence-corrected chi connectivity index (χ4v) is 5.15. The summed E-state index contributed by atoms with van der Waals surface area (Å²) in [5.74, 6) is -0.603. The van der Waals surface area contributed by atoms with Crippen LogP contribution in [0.3, 0.4) is 0 Å². The highest BCUT2D eigenvalue weighted by Gasteiger charge is 2.16. The number of aromatic nitrogens is 4. The van der Waals surface area contributed by atoms with E-state index < -0.39 is 5.97 Å². The summed E-state index contributed by atoms with van der Waals surface area (Å²) in [6, 6.07) is 7.99. The van der Waals surface area contributed by atoms with Gasteiger partial charge in [-0.2, -0.15) is 9.97 Å². The lowest BCUT2D eigenvalue weighted by Gasteiger charge is -2.28. The number of hydrogen-bond acceptors (Lipinski definition) is 9. The molecule has 0 amide bonds. The summed E-state index contributed by atoms with van der Waals surface area (Å²) in [5.41, 5.74) is 8.75. The third-order valence-electron chi connectivity index (χ3n) is 7.27. The normalized spacial score (nSPS) is 14.2. The van der Waals surface area contributed by atoms with Crippen molar-refractivity contribution in [2.75, 3.05) is 58.3 Å². The molecule has 1 fully saturated rings. The minimum Gasteiger partial charge on any atom is -0.481 e. The number of nitrogens with zero attached hydrogens (tertiary/aromatic N) is 5. The molecule has 0 radical (unpaired) electrons. The van der Waals surface area contributed by atoms with Gasteiger partial charge in [0.05, 0.1) is 26.2 Å². The molecule has 0 spiro atoms. The summed E-state index contributed by atoms with van der Waals surface area (Å²) >= 11 is 0. The molecule has 0 atom stereocenters. The van der Waals surface area contributed by atoms with Gasteiger partial charge in [0.25, 0.3) is 0 Å². The van der Waals surface area contributed by atoms with Crippen molar-refractivity contribution in [1.82, 2.24) is 29.3 Å². The molecule has 1 aliphatic heterocycles. The molecule has 0 saturated carbocycles. The molecule has 0 bridgehead atoms. The van der Waals surface area contributed by atoms with E-state index in [0.29, 0.717) is 24.3 Å². The molecular formula is C29H43N7O5. The fraction of sp³-hybridized carbons (Fsp3) is 0.586. The number of aryl methyl sites for hydroxylation is 1. The van der Waals surface area contributed by atoms with Crippen molar-refractivity contribution in [3.8, 4) is 6.01 Å². The van der Waals surface area contributed by atoms with Crippen molar-refractivity contribution in [2.24, 2.45) is 0 Å². The van der Waals surface area contributed by atoms with E-state index >= 15 is 0 Å². The Labute approximate surface area is 240 Å². The monoisotopic (exact) mass is 569 g/mol. The summed E-state index contributed by atoms with van der Waals surface area (Å²) in [6.07, 6.45) is 4.59. The smallest absolute Gasteiger partial charge is 0.327 e. The van der Waals surface area contributed by atoms with Crippen molar-refractivity contribution in [2.45, 2.75) is 58.5 Å². The number of anilines is 1. The zero-order chi connectivity index (χ0) is 29.0. The van der Waals surface area contributed by atoms with Crippen LogP contribution >= 0.6 is 0 Å². The van der Waals surface area contributed by atoms with Crippen LogP contribution < -0.4 is 16.2 Å². The standard InChI is InChI=1S/C29H43N7O5/c1-2-3-16-41-28-31-26(30)25-27(32-28)33-29(39)36(25)13-5-4-10-35(12-7-11-34-14-17-40-18-15-34)21-23-9-6-8-22(19-23)20-24(37)38/h6,8-9,19H,2-5,7,10-18,20-21H2,1H3,(H,37,38)(H3,30,31,32,33,39). The number of nitrogen functional groups attached to an aromatic ring is 1. The van der Waals surface area contributed by atoms with Crippen LogP contribution in [0, 0.1) is 0 Å². The van der Waals surface area contributed by atoms with Crippen LogP contribution in [0.5, 0.6) is 6.01 Å². The number of ether oxygens (including phenoxy) is 2. The lowest BCUT2D eigenvalue weighted by molar-refractivity contribution is -0.136. The van der Waals surface area contributed by atoms with Crippen molar-refractivity contribution in [3.63, 3.8) is 0 Å². The van der Waals surface area contributed by atoms with E-state index in [1.807, 2.05) is 18.2 Å². The number of imidazole rings is 1. The Morgan fingerprint density at radius 2 is 1.90 bits per heavy atom. The Balaban J connectivity index is 1.36. The van der Waals surface area contributed by atoms with Gasteiger partial charge in [0, 0.05) is 26.2 Å². The van der Waals surface area contributed by atoms with Gasteiger partial charge in [-0.3, -0.25) is 24.1 Å². The first kappa shape index (κ1) is 30.5. The van der Waals surface area contributed by atoms with E-state index in [9.17, 15) is 14.7 Å². The Morgan fingerprint density at radius 1 is 1.12 bits per heavy atom. The van der Waals surface area contributed by atoms with E-state index in [-0.39, 0.29) is 23.9 Å². The Hall–Kier alpha value is -3.48. The summed E-state index contributed by atoms with van der Waals surface area (Å²) in [5, 5.41) is 9.19. The average Bonchev–Trinajstić information content (AvgIpc) is 3.26. The number of carboxylic acid groups (broad SMARTS) is 1. The third-order valence-corrected chi connectivity index (χ3v) is 7.27. The van der Waals surface area contributed by atoms with E-state index in [2.05, 4.69) is 37.7 Å². The number of nitrogens with two attached hydrogens (primary N) is 1. The summed E-state index contributed by atoms with van der Waals surface area (Å²) in [4.78, 5) is 40.1. The molecule has 3 aromatic rings. The first-order valence-corrected chi connectivity index (χ1v) is 14.6. The van der Waals surface area contributed by atoms with E-state index in [1.54, 1.807) is 4.57 Å². The number of rotatable bonds is 17. The molecule has 12 nitrogen and oxygen atoms in total. The predicted octanol–water partition coefficient (Wildman–Crippen LogP) is 2.51. The van der Waals surface area contributed by atoms with E-state index in [0.717, 1.165) is 95.7 Å². The van der Waals surface area contributed by atoms with Gasteiger partial charge in [0.1, 0.15) is 5.52 Å². The second kappa shape index (κ2) is 15.5. The molecule has 4 N–H and O–H groups in total. The number of morpholine rings is 1. The number of hydrogen-bond donors (Lipinski definition) is 3. The molecule has 1 aliphatic rings. The van der Waals surface area contributed by atoms with E-state index in [4.69, 9.17) is 15.2 Å². The second-order valence-electron chi connectivity index (χ2n) is 10.6. The van der Waals surface area contributed by atoms with Gasteiger partial charge < -0.3 is 20.3 Å². The van der Waals surface area contributed by atoms with Crippen LogP contribution in [0.2, 0.25) is 0 Å². The Bertz CT molecular complexity index is 1320. The number of carboxylic acids is 1. The molecular weight excluding hydrogens is 526 g/mol. The van der Waals surface area contributed by atoms with Gasteiger partial charge in [-0.1, -0.05) is 37.6 Å². The number of H-pyrrole nitrogens is 1. The third kappa shape index (κ3) is 9.27. The molecule has 2 aromatic heterocycles. The molecule has 12 heteroatoms. The molecule has 3 heterocycles. The zero-order valence-electron chi connectivity index (χ0n) is 24.0. The molecule has 41 heavy (non-hydrogen) atoms. The van der Waals surface area contributed by atoms with Crippen LogP contribution in [0.25, 0.3) is 11.2 Å². The number of unbranched alkanes of at least 4 members (excludes halogenated alkanes) is 2. The second-order valence-corrected chi connectivity index (χ2v) is 10.6. The maximum absolute atomic E-state index is 12.7. The van der Waals surface area contributed by atoms with Gasteiger partial charge in [0.2, 0.25) is 0 Å². The zero-order valence-corrected chi connectivity index (χ0v) is 24.0. The molecule has 4 rings (SSSR count). The maximum Gasteiger partial charge on any atom is 0.327 e. The van der Waals surface area contributed by atoms with Crippen LogP contribution in [-0.2, 0) is 29.0 Å². The summed E-state index contributed by atoms with van der Waals surface area (Å²) in [7, 11) is 0.